The van der Waals surface area contributed by atoms with Crippen molar-refractivity contribution in [3.63, 3.8) is 0 Å². The minimum atomic E-state index is -0.263. The number of esters is 1. The Kier molecular flexibility index (Phi) is 6.06. The fourth-order valence-corrected chi connectivity index (χ4v) is 5.62. The molecule has 2 aromatic heterocycles. The molecule has 0 N–H and O–H groups in total. The molecular formula is C23H24Cl2N2O2S. The van der Waals surface area contributed by atoms with Crippen molar-refractivity contribution < 1.29 is 9.53 Å². The highest BCUT2D eigenvalue weighted by Crippen LogP contribution is 2.48. The van der Waals surface area contributed by atoms with Crippen LogP contribution in [0.4, 0.5) is 0 Å². The molecule has 0 spiro atoms. The number of aryl methyl sites for hydroxylation is 2. The minimum absolute atomic E-state index is 0.259. The van der Waals surface area contributed by atoms with Gasteiger partial charge in [0.2, 0.25) is 0 Å². The number of hydrogen-bond donors (Lipinski definition) is 0. The van der Waals surface area contributed by atoms with Crippen molar-refractivity contribution in [2.75, 3.05) is 0 Å². The fourth-order valence-electron chi connectivity index (χ4n) is 4.05. The van der Waals surface area contributed by atoms with E-state index in [1.54, 1.807) is 11.8 Å². The molecule has 1 aliphatic heterocycles. The van der Waals surface area contributed by atoms with Crippen LogP contribution < -0.4 is 0 Å². The molecule has 0 aliphatic carbocycles. The number of carbonyl (C=O) groups excluding carboxylic acids is 1. The third kappa shape index (κ3) is 3.83. The first-order valence-electron chi connectivity index (χ1n) is 10.2. The lowest BCUT2D eigenvalue weighted by atomic mass is 10.0. The van der Waals surface area contributed by atoms with Crippen LogP contribution in [-0.2, 0) is 22.5 Å². The van der Waals surface area contributed by atoms with Crippen molar-refractivity contribution >= 4 is 51.8 Å². The Morgan fingerprint density at radius 1 is 1.30 bits per heavy atom. The van der Waals surface area contributed by atoms with Gasteiger partial charge >= 0.3 is 5.97 Å². The van der Waals surface area contributed by atoms with Gasteiger partial charge in [-0.2, -0.15) is 0 Å². The highest BCUT2D eigenvalue weighted by atomic mass is 35.5. The predicted molar refractivity (Wildman–Crippen MR) is 123 cm³/mol. The molecule has 0 radical (unpaired) electrons. The van der Waals surface area contributed by atoms with Gasteiger partial charge in [0.15, 0.2) is 0 Å². The van der Waals surface area contributed by atoms with Crippen molar-refractivity contribution in [3.8, 4) is 0 Å². The molecule has 1 atom stereocenters. The first kappa shape index (κ1) is 21.5. The van der Waals surface area contributed by atoms with Crippen LogP contribution in [0.5, 0.6) is 0 Å². The van der Waals surface area contributed by atoms with Crippen LogP contribution in [0, 0.1) is 0 Å². The van der Waals surface area contributed by atoms with Gasteiger partial charge in [0.25, 0.3) is 0 Å². The maximum Gasteiger partial charge on any atom is 0.303 e. The molecule has 1 aliphatic rings. The first-order valence-corrected chi connectivity index (χ1v) is 11.7. The number of aromatic nitrogens is 2. The van der Waals surface area contributed by atoms with Gasteiger partial charge in [0, 0.05) is 40.8 Å². The van der Waals surface area contributed by atoms with E-state index in [4.69, 9.17) is 32.9 Å². The largest absolute Gasteiger partial charge is 0.456 e. The molecule has 0 fully saturated rings. The lowest BCUT2D eigenvalue weighted by Crippen LogP contribution is -2.06. The molecule has 0 bridgehead atoms. The molecule has 4 rings (SSSR count). The van der Waals surface area contributed by atoms with Crippen molar-refractivity contribution in [1.82, 2.24) is 9.55 Å². The summed E-state index contributed by atoms with van der Waals surface area (Å²) in [6, 6.07) is 7.83. The summed E-state index contributed by atoms with van der Waals surface area (Å²) >= 11 is 14.0. The Morgan fingerprint density at radius 2 is 2.07 bits per heavy atom. The predicted octanol–water partition coefficient (Wildman–Crippen LogP) is 7.19. The molecule has 0 amide bonds. The van der Waals surface area contributed by atoms with Crippen LogP contribution in [0.25, 0.3) is 10.9 Å². The summed E-state index contributed by atoms with van der Waals surface area (Å²) in [6.07, 6.45) is 1.39. The zero-order valence-corrected chi connectivity index (χ0v) is 19.8. The fraction of sp³-hybridized carbons (Fsp3) is 0.391. The van der Waals surface area contributed by atoms with Crippen LogP contribution in [0.2, 0.25) is 10.0 Å². The summed E-state index contributed by atoms with van der Waals surface area (Å²) in [5.74, 6) is 0.00288. The van der Waals surface area contributed by atoms with Crippen molar-refractivity contribution in [3.05, 3.63) is 51.4 Å². The molecule has 7 heteroatoms. The van der Waals surface area contributed by atoms with Crippen LogP contribution in [0.15, 0.2) is 34.1 Å². The van der Waals surface area contributed by atoms with Crippen LogP contribution in [0.3, 0.4) is 0 Å². The number of pyridine rings is 1. The number of halogens is 2. The average molecular weight is 463 g/mol. The summed E-state index contributed by atoms with van der Waals surface area (Å²) in [5.41, 5.74) is 4.37. The highest BCUT2D eigenvalue weighted by molar-refractivity contribution is 7.99. The van der Waals surface area contributed by atoms with Crippen molar-refractivity contribution in [2.24, 2.45) is 0 Å². The number of carbonyl (C=O) groups is 1. The number of benzene rings is 1. The Bertz CT molecular complexity index is 1140. The lowest BCUT2D eigenvalue weighted by molar-refractivity contribution is -0.146. The maximum absolute atomic E-state index is 11.8. The van der Waals surface area contributed by atoms with Crippen LogP contribution in [0.1, 0.15) is 63.2 Å². The van der Waals surface area contributed by atoms with Gasteiger partial charge in [0.1, 0.15) is 6.10 Å². The number of rotatable bonds is 5. The normalized spacial score (nSPS) is 15.8. The molecule has 3 aromatic rings. The quantitative estimate of drug-likeness (QED) is 0.376. The van der Waals surface area contributed by atoms with Gasteiger partial charge in [-0.25, -0.2) is 0 Å². The highest BCUT2D eigenvalue weighted by Gasteiger charge is 2.34. The Morgan fingerprint density at radius 3 is 2.70 bits per heavy atom. The Hall–Kier alpha value is -1.69. The van der Waals surface area contributed by atoms with E-state index in [0.29, 0.717) is 10.0 Å². The second-order valence-electron chi connectivity index (χ2n) is 7.83. The van der Waals surface area contributed by atoms with E-state index in [1.165, 1.54) is 6.92 Å². The molecule has 3 heterocycles. The number of fused-ring (bicyclic) bond motifs is 3. The van der Waals surface area contributed by atoms with Gasteiger partial charge in [0.05, 0.1) is 26.9 Å². The van der Waals surface area contributed by atoms with E-state index in [0.717, 1.165) is 57.2 Å². The average Bonchev–Trinajstić information content (AvgIpc) is 3.23. The molecule has 1 aromatic carbocycles. The first-order chi connectivity index (χ1) is 14.3. The van der Waals surface area contributed by atoms with E-state index >= 15 is 0 Å². The number of hydrogen-bond acceptors (Lipinski definition) is 4. The monoisotopic (exact) mass is 462 g/mol. The van der Waals surface area contributed by atoms with Gasteiger partial charge in [-0.05, 0) is 36.6 Å². The maximum atomic E-state index is 11.8. The van der Waals surface area contributed by atoms with Crippen molar-refractivity contribution in [1.29, 1.82) is 0 Å². The minimum Gasteiger partial charge on any atom is -0.456 e. The third-order valence-corrected chi connectivity index (χ3v) is 7.22. The molecule has 158 valence electrons. The summed E-state index contributed by atoms with van der Waals surface area (Å²) in [7, 11) is 0. The zero-order chi connectivity index (χ0) is 21.6. The summed E-state index contributed by atoms with van der Waals surface area (Å²) in [6.45, 7) is 8.74. The van der Waals surface area contributed by atoms with E-state index in [9.17, 15) is 4.79 Å². The second-order valence-corrected chi connectivity index (χ2v) is 9.73. The molecule has 4 nitrogen and oxygen atoms in total. The van der Waals surface area contributed by atoms with E-state index in [1.807, 2.05) is 18.2 Å². The van der Waals surface area contributed by atoms with E-state index in [2.05, 4.69) is 31.4 Å². The van der Waals surface area contributed by atoms with Gasteiger partial charge in [-0.3, -0.25) is 9.78 Å². The lowest BCUT2D eigenvalue weighted by Gasteiger charge is -2.14. The number of ether oxygens (including phenoxy) is 1. The Labute approximate surface area is 190 Å². The van der Waals surface area contributed by atoms with Gasteiger partial charge in [-0.15, -0.1) is 0 Å². The second kappa shape index (κ2) is 8.45. The zero-order valence-electron chi connectivity index (χ0n) is 17.5. The van der Waals surface area contributed by atoms with Crippen molar-refractivity contribution in [2.45, 2.75) is 68.9 Å². The van der Waals surface area contributed by atoms with Gasteiger partial charge < -0.3 is 9.30 Å². The van der Waals surface area contributed by atoms with E-state index in [-0.39, 0.29) is 18.0 Å². The molecule has 1 unspecified atom stereocenters. The third-order valence-electron chi connectivity index (χ3n) is 5.37. The molecule has 0 saturated heterocycles. The molecular weight excluding hydrogens is 439 g/mol. The summed E-state index contributed by atoms with van der Waals surface area (Å²) in [4.78, 5) is 18.8. The standard InChI is InChI=1S/C23H24Cl2N2O2S/c1-5-14-10-18-20(21(26-14)12(2)3)23(30-15-6-7-16(24)17(25)11-15)22-19(29-13(4)28)8-9-27(18)22/h6-7,10-12,19H,5,8-9H2,1-4H3. The summed E-state index contributed by atoms with van der Waals surface area (Å²) in [5, 5.41) is 2.20. The smallest absolute Gasteiger partial charge is 0.303 e. The topological polar surface area (TPSA) is 44.1 Å². The Balaban J connectivity index is 1.97. The molecule has 30 heavy (non-hydrogen) atoms. The van der Waals surface area contributed by atoms with Crippen LogP contribution in [-0.4, -0.2) is 15.5 Å². The summed E-state index contributed by atoms with van der Waals surface area (Å²) < 4.78 is 8.01. The number of nitrogens with zero attached hydrogens (tertiary/aromatic N) is 2. The van der Waals surface area contributed by atoms with Crippen LogP contribution >= 0.6 is 35.0 Å². The van der Waals surface area contributed by atoms with Gasteiger partial charge in [-0.1, -0.05) is 55.7 Å². The molecule has 0 saturated carbocycles. The van der Waals surface area contributed by atoms with E-state index < -0.39 is 0 Å². The SMILES string of the molecule is CCc1cc2c(c(C(C)C)n1)c(Sc1ccc(Cl)c(Cl)c1)c1n2CCC1OC(C)=O.